The van der Waals surface area contributed by atoms with Crippen LogP contribution in [0.5, 0.6) is 0 Å². The van der Waals surface area contributed by atoms with E-state index < -0.39 is 29.9 Å². The molecule has 28 heavy (non-hydrogen) atoms. The number of imide groups is 1. The van der Waals surface area contributed by atoms with Crippen molar-refractivity contribution in [2.24, 2.45) is 0 Å². The topological polar surface area (TPSA) is 91.7 Å². The molecule has 1 unspecified atom stereocenters. The highest BCUT2D eigenvalue weighted by Crippen LogP contribution is 2.32. The molecule has 1 aromatic carbocycles. The predicted molar refractivity (Wildman–Crippen MR) is 98.8 cm³/mol. The van der Waals surface area contributed by atoms with Gasteiger partial charge in [-0.05, 0) is 51.0 Å². The van der Waals surface area contributed by atoms with Crippen LogP contribution < -0.4 is 10.6 Å². The number of carbonyl (C=O) groups is 3. The lowest BCUT2D eigenvalue weighted by molar-refractivity contribution is -0.134. The first-order chi connectivity index (χ1) is 13.1. The van der Waals surface area contributed by atoms with Crippen LogP contribution in [0.2, 0.25) is 0 Å². The van der Waals surface area contributed by atoms with Crippen molar-refractivity contribution in [1.29, 1.82) is 0 Å². The Kier molecular flexibility index (Phi) is 4.97. The van der Waals surface area contributed by atoms with E-state index in [-0.39, 0.29) is 12.4 Å². The molecule has 1 atom stereocenters. The number of carbonyl (C=O) groups excluding carboxylic acids is 3. The number of nitrogens with zero attached hydrogens (tertiary/aromatic N) is 1. The number of amides is 4. The third kappa shape index (κ3) is 3.49. The summed E-state index contributed by atoms with van der Waals surface area (Å²) in [6.07, 6.45) is 0. The largest absolute Gasteiger partial charge is 0.466 e. The molecule has 0 spiro atoms. The van der Waals surface area contributed by atoms with Gasteiger partial charge in [-0.25, -0.2) is 9.18 Å². The number of aryl methyl sites for hydroxylation is 3. The van der Waals surface area contributed by atoms with Crippen molar-refractivity contribution < 1.29 is 23.2 Å². The summed E-state index contributed by atoms with van der Waals surface area (Å²) in [4.78, 5) is 38.3. The summed E-state index contributed by atoms with van der Waals surface area (Å²) in [6.45, 7) is 6.36. The number of furan rings is 1. The molecule has 8 heteroatoms. The molecule has 148 valence electrons. The maximum atomic E-state index is 13.6. The Labute approximate surface area is 161 Å². The molecule has 7 nitrogen and oxygen atoms in total. The predicted octanol–water partition coefficient (Wildman–Crippen LogP) is 2.43. The van der Waals surface area contributed by atoms with Gasteiger partial charge >= 0.3 is 6.03 Å². The fraction of sp³-hybridized carbons (Fsp3) is 0.350. The van der Waals surface area contributed by atoms with E-state index in [1.54, 1.807) is 45.9 Å². The molecule has 1 aliphatic rings. The molecule has 4 amide bonds. The number of hydrogen-bond donors (Lipinski definition) is 2. The molecule has 0 saturated carbocycles. The molecule has 1 saturated heterocycles. The quantitative estimate of drug-likeness (QED) is 0.771. The Morgan fingerprint density at radius 1 is 1.25 bits per heavy atom. The van der Waals surface area contributed by atoms with E-state index in [2.05, 4.69) is 10.6 Å². The summed E-state index contributed by atoms with van der Waals surface area (Å²) >= 11 is 0. The van der Waals surface area contributed by atoms with Gasteiger partial charge in [0.15, 0.2) is 0 Å². The van der Waals surface area contributed by atoms with Crippen LogP contribution in [0.3, 0.4) is 0 Å². The fourth-order valence-electron chi connectivity index (χ4n) is 3.30. The van der Waals surface area contributed by atoms with E-state index in [1.807, 2.05) is 0 Å². The SMILES string of the molecule is Cc1cc(C2(C)NC(=O)N(CC(=O)NCc3ccc(C)c(F)c3)C2=O)c(C)o1. The fourth-order valence-corrected chi connectivity index (χ4v) is 3.30. The first-order valence-corrected chi connectivity index (χ1v) is 8.85. The maximum absolute atomic E-state index is 13.6. The van der Waals surface area contributed by atoms with E-state index in [4.69, 9.17) is 4.42 Å². The lowest BCUT2D eigenvalue weighted by atomic mass is 9.92. The Bertz CT molecular complexity index is 968. The maximum Gasteiger partial charge on any atom is 0.325 e. The number of urea groups is 1. The molecule has 3 rings (SSSR count). The molecule has 2 heterocycles. The lowest BCUT2D eigenvalue weighted by Crippen LogP contribution is -2.43. The summed E-state index contributed by atoms with van der Waals surface area (Å²) in [5.74, 6) is -0.257. The molecular weight excluding hydrogens is 365 g/mol. The van der Waals surface area contributed by atoms with Crippen LogP contribution in [-0.2, 0) is 21.7 Å². The van der Waals surface area contributed by atoms with E-state index >= 15 is 0 Å². The van der Waals surface area contributed by atoms with Gasteiger partial charge in [0.1, 0.15) is 29.4 Å². The van der Waals surface area contributed by atoms with Crippen LogP contribution in [0.25, 0.3) is 0 Å². The number of rotatable bonds is 5. The van der Waals surface area contributed by atoms with Gasteiger partial charge in [0, 0.05) is 12.1 Å². The molecule has 2 aromatic rings. The molecule has 1 aromatic heterocycles. The first-order valence-electron chi connectivity index (χ1n) is 8.85. The summed E-state index contributed by atoms with van der Waals surface area (Å²) in [5, 5.41) is 5.24. The molecule has 0 radical (unpaired) electrons. The third-order valence-corrected chi connectivity index (χ3v) is 4.88. The second-order valence-corrected chi connectivity index (χ2v) is 7.13. The number of nitrogens with one attached hydrogen (secondary N) is 2. The Balaban J connectivity index is 1.67. The van der Waals surface area contributed by atoms with Crippen molar-refractivity contribution in [3.05, 3.63) is 58.3 Å². The Hall–Kier alpha value is -3.16. The highest BCUT2D eigenvalue weighted by Gasteiger charge is 2.51. The summed E-state index contributed by atoms with van der Waals surface area (Å²) in [5.41, 5.74) is 0.363. The average Bonchev–Trinajstić information content (AvgIpc) is 3.08. The highest BCUT2D eigenvalue weighted by molar-refractivity contribution is 6.09. The smallest absolute Gasteiger partial charge is 0.325 e. The molecule has 1 fully saturated rings. The second-order valence-electron chi connectivity index (χ2n) is 7.13. The van der Waals surface area contributed by atoms with E-state index in [0.29, 0.717) is 28.2 Å². The highest BCUT2D eigenvalue weighted by atomic mass is 19.1. The van der Waals surface area contributed by atoms with Crippen molar-refractivity contribution in [1.82, 2.24) is 15.5 Å². The van der Waals surface area contributed by atoms with Gasteiger partial charge < -0.3 is 15.1 Å². The zero-order valence-electron chi connectivity index (χ0n) is 16.2. The van der Waals surface area contributed by atoms with Gasteiger partial charge in [0.05, 0.1) is 0 Å². The van der Waals surface area contributed by atoms with Gasteiger partial charge in [-0.2, -0.15) is 0 Å². The van der Waals surface area contributed by atoms with Gasteiger partial charge in [0.2, 0.25) is 5.91 Å². The van der Waals surface area contributed by atoms with Crippen molar-refractivity contribution in [2.45, 2.75) is 39.8 Å². The standard InChI is InChI=1S/C20H22FN3O4/c1-11-5-6-14(8-16(11)21)9-22-17(25)10-24-18(26)20(4,23-19(24)27)15-7-12(2)28-13(15)3/h5-8H,9-10H2,1-4H3,(H,22,25)(H,23,27). The Morgan fingerprint density at radius 2 is 1.96 bits per heavy atom. The number of benzene rings is 1. The molecular formula is C20H22FN3O4. The van der Waals surface area contributed by atoms with E-state index in [9.17, 15) is 18.8 Å². The number of hydrogen-bond acceptors (Lipinski definition) is 4. The van der Waals surface area contributed by atoms with Crippen LogP contribution in [0, 0.1) is 26.6 Å². The molecule has 2 N–H and O–H groups in total. The molecule has 1 aliphatic heterocycles. The van der Waals surface area contributed by atoms with Crippen molar-refractivity contribution >= 4 is 17.8 Å². The van der Waals surface area contributed by atoms with Crippen LogP contribution in [0.15, 0.2) is 28.7 Å². The van der Waals surface area contributed by atoms with Gasteiger partial charge in [-0.3, -0.25) is 14.5 Å². The molecule has 0 aliphatic carbocycles. The van der Waals surface area contributed by atoms with Gasteiger partial charge in [-0.1, -0.05) is 12.1 Å². The van der Waals surface area contributed by atoms with Crippen molar-refractivity contribution in [3.8, 4) is 0 Å². The zero-order chi connectivity index (χ0) is 20.6. The molecule has 0 bridgehead atoms. The third-order valence-electron chi connectivity index (χ3n) is 4.88. The second kappa shape index (κ2) is 7.10. The summed E-state index contributed by atoms with van der Waals surface area (Å²) in [6, 6.07) is 5.71. The van der Waals surface area contributed by atoms with Crippen LogP contribution in [-0.4, -0.2) is 29.3 Å². The summed E-state index contributed by atoms with van der Waals surface area (Å²) < 4.78 is 19.1. The number of halogens is 1. The monoisotopic (exact) mass is 387 g/mol. The zero-order valence-corrected chi connectivity index (χ0v) is 16.2. The minimum atomic E-state index is -1.29. The van der Waals surface area contributed by atoms with Gasteiger partial charge in [-0.15, -0.1) is 0 Å². The van der Waals surface area contributed by atoms with Gasteiger partial charge in [0.25, 0.3) is 5.91 Å². The lowest BCUT2D eigenvalue weighted by Gasteiger charge is -2.21. The van der Waals surface area contributed by atoms with Crippen LogP contribution >= 0.6 is 0 Å². The van der Waals surface area contributed by atoms with E-state index in [0.717, 1.165) is 4.90 Å². The Morgan fingerprint density at radius 3 is 2.57 bits per heavy atom. The normalized spacial score (nSPS) is 19.1. The average molecular weight is 387 g/mol. The minimum absolute atomic E-state index is 0.0942. The van der Waals surface area contributed by atoms with Crippen molar-refractivity contribution in [2.75, 3.05) is 6.54 Å². The van der Waals surface area contributed by atoms with Crippen LogP contribution in [0.1, 0.15) is 35.1 Å². The first kappa shape index (κ1) is 19.6. The van der Waals surface area contributed by atoms with Crippen LogP contribution in [0.4, 0.5) is 9.18 Å². The van der Waals surface area contributed by atoms with E-state index in [1.165, 1.54) is 6.07 Å². The summed E-state index contributed by atoms with van der Waals surface area (Å²) in [7, 11) is 0. The minimum Gasteiger partial charge on any atom is -0.466 e. The van der Waals surface area contributed by atoms with Crippen molar-refractivity contribution in [3.63, 3.8) is 0 Å².